The second-order valence-electron chi connectivity index (χ2n) is 4.25. The summed E-state index contributed by atoms with van der Waals surface area (Å²) in [4.78, 5) is 11.0. The van der Waals surface area contributed by atoms with Gasteiger partial charge in [0.15, 0.2) is 11.9 Å². The van der Waals surface area contributed by atoms with E-state index in [1.807, 2.05) is 12.1 Å². The second kappa shape index (κ2) is 5.69. The summed E-state index contributed by atoms with van der Waals surface area (Å²) in [5, 5.41) is 0. The lowest BCUT2D eigenvalue weighted by atomic mass is 9.99. The first-order valence-electron chi connectivity index (χ1n) is 5.81. The number of benzene rings is 1. The molecule has 0 aromatic heterocycles. The second-order valence-corrected chi connectivity index (χ2v) is 4.25. The van der Waals surface area contributed by atoms with Crippen LogP contribution in [0.1, 0.15) is 45.6 Å². The van der Waals surface area contributed by atoms with E-state index < -0.39 is 0 Å². The largest absolute Gasteiger partial charge is 0.483 e. The number of ketones is 1. The predicted octanol–water partition coefficient (Wildman–Crippen LogP) is 3.56. The molecule has 0 saturated heterocycles. The van der Waals surface area contributed by atoms with Crippen LogP contribution in [0.4, 0.5) is 0 Å². The molecule has 0 N–H and O–H groups in total. The van der Waals surface area contributed by atoms with E-state index in [1.165, 1.54) is 12.5 Å². The molecular weight excluding hydrogens is 200 g/mol. The van der Waals surface area contributed by atoms with Crippen LogP contribution in [-0.4, -0.2) is 11.9 Å². The molecule has 2 nitrogen and oxygen atoms in total. The van der Waals surface area contributed by atoms with E-state index in [0.29, 0.717) is 5.92 Å². The smallest absolute Gasteiger partial charge is 0.169 e. The summed E-state index contributed by atoms with van der Waals surface area (Å²) >= 11 is 0. The minimum Gasteiger partial charge on any atom is -0.483 e. The van der Waals surface area contributed by atoms with Gasteiger partial charge < -0.3 is 4.74 Å². The van der Waals surface area contributed by atoms with Crippen molar-refractivity contribution in [3.63, 3.8) is 0 Å². The van der Waals surface area contributed by atoms with Crippen LogP contribution in [0.25, 0.3) is 0 Å². The molecule has 0 saturated carbocycles. The van der Waals surface area contributed by atoms with Crippen LogP contribution >= 0.6 is 0 Å². The summed E-state index contributed by atoms with van der Waals surface area (Å²) in [6.07, 6.45) is 0.763. The van der Waals surface area contributed by atoms with Crippen LogP contribution < -0.4 is 4.74 Å². The lowest BCUT2D eigenvalue weighted by Gasteiger charge is -2.13. The molecule has 0 aliphatic carbocycles. The van der Waals surface area contributed by atoms with Gasteiger partial charge >= 0.3 is 0 Å². The van der Waals surface area contributed by atoms with Gasteiger partial charge in [0.25, 0.3) is 0 Å². The van der Waals surface area contributed by atoms with E-state index in [1.54, 1.807) is 6.92 Å². The standard InChI is InChI=1S/C14H20O2/c1-5-10(2)13-6-8-14(9-7-13)16-12(4)11(3)15/h6-10,12H,5H2,1-4H3. The zero-order valence-electron chi connectivity index (χ0n) is 10.5. The summed E-state index contributed by atoms with van der Waals surface area (Å²) in [7, 11) is 0. The molecule has 0 amide bonds. The Balaban J connectivity index is 2.68. The van der Waals surface area contributed by atoms with Crippen molar-refractivity contribution in [2.45, 2.75) is 46.1 Å². The number of carbonyl (C=O) groups excluding carboxylic acids is 1. The first kappa shape index (κ1) is 12.8. The van der Waals surface area contributed by atoms with Crippen LogP contribution in [0, 0.1) is 0 Å². The van der Waals surface area contributed by atoms with Crippen molar-refractivity contribution in [3.05, 3.63) is 29.8 Å². The predicted molar refractivity (Wildman–Crippen MR) is 65.9 cm³/mol. The summed E-state index contributed by atoms with van der Waals surface area (Å²) in [5.41, 5.74) is 1.31. The van der Waals surface area contributed by atoms with Crippen molar-refractivity contribution < 1.29 is 9.53 Å². The Morgan fingerprint density at radius 3 is 2.25 bits per heavy atom. The molecule has 0 heterocycles. The first-order valence-corrected chi connectivity index (χ1v) is 5.81. The van der Waals surface area contributed by atoms with Crippen LogP contribution in [0.2, 0.25) is 0 Å². The maximum Gasteiger partial charge on any atom is 0.169 e. The lowest BCUT2D eigenvalue weighted by molar-refractivity contribution is -0.122. The van der Waals surface area contributed by atoms with Gasteiger partial charge in [0.05, 0.1) is 0 Å². The van der Waals surface area contributed by atoms with E-state index in [-0.39, 0.29) is 11.9 Å². The van der Waals surface area contributed by atoms with E-state index in [9.17, 15) is 4.79 Å². The third-order valence-electron chi connectivity index (χ3n) is 2.95. The normalized spacial score (nSPS) is 14.2. The van der Waals surface area contributed by atoms with Crippen molar-refractivity contribution in [1.29, 1.82) is 0 Å². The van der Waals surface area contributed by atoms with Gasteiger partial charge in [0.1, 0.15) is 5.75 Å². The maximum atomic E-state index is 11.0. The van der Waals surface area contributed by atoms with E-state index in [2.05, 4.69) is 26.0 Å². The third kappa shape index (κ3) is 3.37. The molecule has 0 radical (unpaired) electrons. The Morgan fingerprint density at radius 2 is 1.81 bits per heavy atom. The van der Waals surface area contributed by atoms with Crippen molar-refractivity contribution >= 4 is 5.78 Å². The summed E-state index contributed by atoms with van der Waals surface area (Å²) in [6.45, 7) is 7.68. The Kier molecular flexibility index (Phi) is 4.53. The molecule has 1 rings (SSSR count). The van der Waals surface area contributed by atoms with Gasteiger partial charge in [-0.2, -0.15) is 0 Å². The van der Waals surface area contributed by atoms with Gasteiger partial charge in [-0.1, -0.05) is 26.0 Å². The van der Waals surface area contributed by atoms with Gasteiger partial charge in [0, 0.05) is 0 Å². The molecule has 88 valence electrons. The van der Waals surface area contributed by atoms with E-state index in [0.717, 1.165) is 12.2 Å². The molecule has 0 aliphatic heterocycles. The molecule has 0 spiro atoms. The lowest BCUT2D eigenvalue weighted by Crippen LogP contribution is -2.20. The minimum atomic E-state index is -0.366. The van der Waals surface area contributed by atoms with Crippen LogP contribution in [0.3, 0.4) is 0 Å². The summed E-state index contributed by atoms with van der Waals surface area (Å²) in [5.74, 6) is 1.38. The van der Waals surface area contributed by atoms with E-state index >= 15 is 0 Å². The molecular formula is C14H20O2. The van der Waals surface area contributed by atoms with Crippen molar-refractivity contribution in [2.24, 2.45) is 0 Å². The quantitative estimate of drug-likeness (QED) is 0.758. The third-order valence-corrected chi connectivity index (χ3v) is 2.95. The fraction of sp³-hybridized carbons (Fsp3) is 0.500. The number of rotatable bonds is 5. The molecule has 2 unspecified atom stereocenters. The molecule has 1 aromatic carbocycles. The Hall–Kier alpha value is -1.31. The van der Waals surface area contributed by atoms with Crippen LogP contribution in [-0.2, 0) is 4.79 Å². The van der Waals surface area contributed by atoms with Crippen LogP contribution in [0.5, 0.6) is 5.75 Å². The van der Waals surface area contributed by atoms with E-state index in [4.69, 9.17) is 4.74 Å². The zero-order chi connectivity index (χ0) is 12.1. The van der Waals surface area contributed by atoms with Gasteiger partial charge in [-0.05, 0) is 43.9 Å². The number of carbonyl (C=O) groups is 1. The molecule has 0 fully saturated rings. The minimum absolute atomic E-state index is 0.0472. The number of hydrogen-bond acceptors (Lipinski definition) is 2. The SMILES string of the molecule is CCC(C)c1ccc(OC(C)C(C)=O)cc1. The molecule has 0 aliphatic rings. The van der Waals surface area contributed by atoms with Crippen LogP contribution in [0.15, 0.2) is 24.3 Å². The summed E-state index contributed by atoms with van der Waals surface area (Å²) in [6, 6.07) is 7.99. The fourth-order valence-electron chi connectivity index (χ4n) is 1.40. The average molecular weight is 220 g/mol. The molecule has 1 aromatic rings. The zero-order valence-corrected chi connectivity index (χ0v) is 10.5. The highest BCUT2D eigenvalue weighted by molar-refractivity contribution is 5.80. The van der Waals surface area contributed by atoms with Crippen molar-refractivity contribution in [2.75, 3.05) is 0 Å². The molecule has 0 bridgehead atoms. The monoisotopic (exact) mass is 220 g/mol. The fourth-order valence-corrected chi connectivity index (χ4v) is 1.40. The summed E-state index contributed by atoms with van der Waals surface area (Å²) < 4.78 is 5.49. The highest BCUT2D eigenvalue weighted by atomic mass is 16.5. The Morgan fingerprint density at radius 1 is 1.25 bits per heavy atom. The Bertz CT molecular complexity index is 340. The number of hydrogen-bond donors (Lipinski definition) is 0. The molecule has 2 atom stereocenters. The van der Waals surface area contributed by atoms with Gasteiger partial charge in [-0.25, -0.2) is 0 Å². The Labute approximate surface area is 97.6 Å². The van der Waals surface area contributed by atoms with Gasteiger partial charge in [-0.15, -0.1) is 0 Å². The topological polar surface area (TPSA) is 26.3 Å². The highest BCUT2D eigenvalue weighted by Gasteiger charge is 2.09. The van der Waals surface area contributed by atoms with Crippen molar-refractivity contribution in [3.8, 4) is 5.75 Å². The van der Waals surface area contributed by atoms with Gasteiger partial charge in [-0.3, -0.25) is 4.79 Å². The average Bonchev–Trinajstić information content (AvgIpc) is 2.28. The molecule has 2 heteroatoms. The highest BCUT2D eigenvalue weighted by Crippen LogP contribution is 2.22. The first-order chi connectivity index (χ1) is 7.54. The number of Topliss-reactive ketones (excluding diaryl/α,β-unsaturated/α-hetero) is 1. The maximum absolute atomic E-state index is 11.0. The number of ether oxygens (including phenoxy) is 1. The van der Waals surface area contributed by atoms with Gasteiger partial charge in [0.2, 0.25) is 0 Å². The molecule has 16 heavy (non-hydrogen) atoms. The van der Waals surface area contributed by atoms with Crippen molar-refractivity contribution in [1.82, 2.24) is 0 Å².